The molecule has 0 fully saturated rings. The Bertz CT molecular complexity index is 557. The number of anilines is 1. The second-order valence-corrected chi connectivity index (χ2v) is 4.36. The zero-order chi connectivity index (χ0) is 13.0. The average molecular weight is 279 g/mol. The molecule has 0 bridgehead atoms. The summed E-state index contributed by atoms with van der Waals surface area (Å²) in [6, 6.07) is 10.9. The molecule has 0 spiro atoms. The third-order valence-corrected chi connectivity index (χ3v) is 2.86. The van der Waals surface area contributed by atoms with Crippen LogP contribution < -0.4 is 10.1 Å². The van der Waals surface area contributed by atoms with Gasteiger partial charge in [-0.15, -0.1) is 0 Å². The van der Waals surface area contributed by atoms with Crippen LogP contribution in [0.1, 0.15) is 5.69 Å². The Labute approximate surface area is 116 Å². The number of nitrogens with zero attached hydrogens (tertiary/aromatic N) is 1. The highest BCUT2D eigenvalue weighted by Crippen LogP contribution is 2.18. The molecule has 1 N–H and O–H groups in total. The highest BCUT2D eigenvalue weighted by molar-refractivity contribution is 7.81. The van der Waals surface area contributed by atoms with Gasteiger partial charge in [-0.05, 0) is 36.4 Å². The first-order valence-electron chi connectivity index (χ1n) is 5.26. The van der Waals surface area contributed by atoms with Gasteiger partial charge in [0, 0.05) is 16.9 Å². The number of ether oxygens (including phenoxy) is 1. The highest BCUT2D eigenvalue weighted by atomic mass is 35.5. The van der Waals surface area contributed by atoms with Crippen molar-refractivity contribution in [3.63, 3.8) is 0 Å². The van der Waals surface area contributed by atoms with Crippen molar-refractivity contribution in [2.75, 3.05) is 12.4 Å². The van der Waals surface area contributed by atoms with Gasteiger partial charge in [0.2, 0.25) is 0 Å². The minimum absolute atomic E-state index is 0.509. The number of hydrogen-bond acceptors (Lipinski definition) is 3. The molecule has 0 aliphatic heterocycles. The number of benzene rings is 1. The van der Waals surface area contributed by atoms with Gasteiger partial charge >= 0.3 is 0 Å². The van der Waals surface area contributed by atoms with Gasteiger partial charge < -0.3 is 10.1 Å². The van der Waals surface area contributed by atoms with Crippen LogP contribution in [-0.2, 0) is 0 Å². The molecule has 1 aromatic heterocycles. The smallest absolute Gasteiger partial charge is 0.147 e. The van der Waals surface area contributed by atoms with E-state index >= 15 is 0 Å². The van der Waals surface area contributed by atoms with Gasteiger partial charge in [0.15, 0.2) is 0 Å². The first-order chi connectivity index (χ1) is 8.70. The molecule has 18 heavy (non-hydrogen) atoms. The fourth-order valence-electron chi connectivity index (χ4n) is 1.45. The number of hydrogen-bond donors (Lipinski definition) is 1. The minimum Gasteiger partial charge on any atom is -0.494 e. The van der Waals surface area contributed by atoms with Crippen molar-refractivity contribution in [3.05, 3.63) is 53.3 Å². The molecule has 1 aromatic carbocycles. The largest absolute Gasteiger partial charge is 0.494 e. The second-order valence-electron chi connectivity index (χ2n) is 3.52. The zero-order valence-corrected chi connectivity index (χ0v) is 11.3. The summed E-state index contributed by atoms with van der Waals surface area (Å²) in [5.74, 6) is 0.643. The van der Waals surface area contributed by atoms with Crippen LogP contribution in [0.4, 0.5) is 5.69 Å². The predicted octanol–water partition coefficient (Wildman–Crippen LogP) is 3.53. The van der Waals surface area contributed by atoms with Gasteiger partial charge in [-0.3, -0.25) is 0 Å². The van der Waals surface area contributed by atoms with Crippen molar-refractivity contribution in [1.82, 2.24) is 4.98 Å². The van der Waals surface area contributed by atoms with E-state index in [1.54, 1.807) is 31.5 Å². The van der Waals surface area contributed by atoms with Gasteiger partial charge in [0.05, 0.1) is 7.11 Å². The van der Waals surface area contributed by atoms with Crippen molar-refractivity contribution < 1.29 is 4.74 Å². The molecule has 0 aliphatic carbocycles. The van der Waals surface area contributed by atoms with Crippen LogP contribution in [0, 0.1) is 0 Å². The van der Waals surface area contributed by atoms with E-state index in [0.717, 1.165) is 5.69 Å². The third kappa shape index (κ3) is 2.97. The Kier molecular flexibility index (Phi) is 4.12. The van der Waals surface area contributed by atoms with Crippen molar-refractivity contribution >= 4 is 34.5 Å². The molecular weight excluding hydrogens is 268 g/mol. The molecule has 0 atom stereocenters. The molecule has 2 rings (SSSR count). The lowest BCUT2D eigenvalue weighted by molar-refractivity contribution is 0.412. The Hall–Kier alpha value is -1.65. The average Bonchev–Trinajstić information content (AvgIpc) is 2.41. The second kappa shape index (κ2) is 5.80. The fraction of sp³-hybridized carbons (Fsp3) is 0.0769. The lowest BCUT2D eigenvalue weighted by Crippen LogP contribution is -2.13. The van der Waals surface area contributed by atoms with E-state index in [1.165, 1.54) is 0 Å². The molecule has 3 nitrogen and oxygen atoms in total. The molecule has 1 heterocycles. The maximum Gasteiger partial charge on any atom is 0.147 e. The first-order valence-corrected chi connectivity index (χ1v) is 6.05. The normalized spacial score (nSPS) is 9.89. The summed E-state index contributed by atoms with van der Waals surface area (Å²) in [7, 11) is 1.59. The molecular formula is C13H11ClN2OS. The van der Waals surface area contributed by atoms with Crippen molar-refractivity contribution in [2.45, 2.75) is 0 Å². The van der Waals surface area contributed by atoms with Crippen LogP contribution in [0.15, 0.2) is 42.6 Å². The minimum atomic E-state index is 0.509. The lowest BCUT2D eigenvalue weighted by Gasteiger charge is -2.10. The number of rotatable bonds is 3. The molecule has 0 radical (unpaired) electrons. The topological polar surface area (TPSA) is 34.1 Å². The SMILES string of the molecule is COc1cccnc1C(=S)Nc1ccc(Cl)cc1. The lowest BCUT2D eigenvalue weighted by atomic mass is 10.3. The number of nitrogens with one attached hydrogen (secondary N) is 1. The number of halogens is 1. The third-order valence-electron chi connectivity index (χ3n) is 2.31. The first kappa shape index (κ1) is 12.8. The monoisotopic (exact) mass is 278 g/mol. The Morgan fingerprint density at radius 2 is 2.00 bits per heavy atom. The summed E-state index contributed by atoms with van der Waals surface area (Å²) < 4.78 is 5.21. The molecule has 92 valence electrons. The van der Waals surface area contributed by atoms with Crippen LogP contribution in [0.5, 0.6) is 5.75 Å². The summed E-state index contributed by atoms with van der Waals surface area (Å²) in [5, 5.41) is 3.77. The van der Waals surface area contributed by atoms with E-state index < -0.39 is 0 Å². The molecule has 2 aromatic rings. The van der Waals surface area contributed by atoms with Crippen LogP contribution in [0.3, 0.4) is 0 Å². The molecule has 0 saturated heterocycles. The number of thiocarbonyl (C=S) groups is 1. The van der Waals surface area contributed by atoms with Crippen molar-refractivity contribution in [3.8, 4) is 5.75 Å². The van der Waals surface area contributed by atoms with Gasteiger partial charge in [-0.2, -0.15) is 0 Å². The molecule has 0 saturated carbocycles. The standard InChI is InChI=1S/C13H11ClN2OS/c1-17-11-3-2-8-15-12(11)13(18)16-10-6-4-9(14)5-7-10/h2-8H,1H3,(H,16,18). The van der Waals surface area contributed by atoms with Crippen molar-refractivity contribution in [2.24, 2.45) is 0 Å². The Balaban J connectivity index is 2.19. The van der Waals surface area contributed by atoms with Gasteiger partial charge in [0.1, 0.15) is 16.4 Å². The number of methoxy groups -OCH3 is 1. The maximum atomic E-state index is 5.82. The van der Waals surface area contributed by atoms with E-state index in [0.29, 0.717) is 21.5 Å². The van der Waals surface area contributed by atoms with Gasteiger partial charge in [0.25, 0.3) is 0 Å². The summed E-state index contributed by atoms with van der Waals surface area (Å²) >= 11 is 11.1. The Morgan fingerprint density at radius 3 is 2.67 bits per heavy atom. The van der Waals surface area contributed by atoms with E-state index in [4.69, 9.17) is 28.6 Å². The van der Waals surface area contributed by atoms with Gasteiger partial charge in [-0.1, -0.05) is 23.8 Å². The predicted molar refractivity (Wildman–Crippen MR) is 77.6 cm³/mol. The van der Waals surface area contributed by atoms with Crippen molar-refractivity contribution in [1.29, 1.82) is 0 Å². The zero-order valence-electron chi connectivity index (χ0n) is 9.68. The van der Waals surface area contributed by atoms with E-state index in [2.05, 4.69) is 10.3 Å². The van der Waals surface area contributed by atoms with Gasteiger partial charge in [-0.25, -0.2) is 4.98 Å². The van der Waals surface area contributed by atoms with Crippen LogP contribution >= 0.6 is 23.8 Å². The van der Waals surface area contributed by atoms with E-state index in [9.17, 15) is 0 Å². The van der Waals surface area contributed by atoms with Crippen LogP contribution in [0.25, 0.3) is 0 Å². The summed E-state index contributed by atoms with van der Waals surface area (Å²) in [5.41, 5.74) is 1.47. The molecule has 0 aliphatic rings. The summed E-state index contributed by atoms with van der Waals surface area (Å²) in [6.07, 6.45) is 1.67. The van der Waals surface area contributed by atoms with Crippen LogP contribution in [0.2, 0.25) is 5.02 Å². The summed E-state index contributed by atoms with van der Waals surface area (Å²) in [4.78, 5) is 4.72. The van der Waals surface area contributed by atoms with Crippen LogP contribution in [-0.4, -0.2) is 17.1 Å². The highest BCUT2D eigenvalue weighted by Gasteiger charge is 2.09. The quantitative estimate of drug-likeness (QED) is 0.871. The fourth-order valence-corrected chi connectivity index (χ4v) is 1.85. The van der Waals surface area contributed by atoms with E-state index in [1.807, 2.05) is 18.2 Å². The molecule has 0 amide bonds. The Morgan fingerprint density at radius 1 is 1.28 bits per heavy atom. The summed E-state index contributed by atoms with van der Waals surface area (Å²) in [6.45, 7) is 0. The molecule has 5 heteroatoms. The van der Waals surface area contributed by atoms with E-state index in [-0.39, 0.29) is 0 Å². The number of aromatic nitrogens is 1. The number of pyridine rings is 1. The molecule has 0 unspecified atom stereocenters. The maximum absolute atomic E-state index is 5.82.